The van der Waals surface area contributed by atoms with E-state index in [4.69, 9.17) is 4.74 Å². The van der Waals surface area contributed by atoms with Crippen LogP contribution in [0, 0.1) is 5.82 Å². The molecule has 0 aliphatic carbocycles. The molecule has 1 aromatic rings. The third kappa shape index (κ3) is 2.26. The zero-order chi connectivity index (χ0) is 13.1. The highest BCUT2D eigenvalue weighted by molar-refractivity contribution is 6.52. The summed E-state index contributed by atoms with van der Waals surface area (Å²) in [6, 6.07) is 3.79. The van der Waals surface area contributed by atoms with Crippen molar-refractivity contribution in [1.29, 1.82) is 0 Å². The van der Waals surface area contributed by atoms with E-state index < -0.39 is 17.5 Å². The van der Waals surface area contributed by atoms with Crippen molar-refractivity contribution < 1.29 is 18.7 Å². The third-order valence-corrected chi connectivity index (χ3v) is 2.74. The van der Waals surface area contributed by atoms with Crippen molar-refractivity contribution in [2.75, 3.05) is 24.7 Å². The summed E-state index contributed by atoms with van der Waals surface area (Å²) in [4.78, 5) is 24.7. The molecule has 0 spiro atoms. The molecule has 18 heavy (non-hydrogen) atoms. The monoisotopic (exact) mass is 251 g/mol. The number of ketones is 1. The molecule has 4 nitrogen and oxygen atoms in total. The molecular weight excluding hydrogens is 237 g/mol. The van der Waals surface area contributed by atoms with E-state index >= 15 is 0 Å². The minimum absolute atomic E-state index is 0.135. The van der Waals surface area contributed by atoms with E-state index in [0.717, 1.165) is 12.5 Å². The van der Waals surface area contributed by atoms with Crippen LogP contribution in [0.1, 0.15) is 23.7 Å². The van der Waals surface area contributed by atoms with E-state index in [-0.39, 0.29) is 5.56 Å². The van der Waals surface area contributed by atoms with Crippen molar-refractivity contribution in [3.05, 3.63) is 29.6 Å². The zero-order valence-corrected chi connectivity index (χ0v) is 10.1. The Morgan fingerprint density at radius 1 is 1.28 bits per heavy atom. The highest BCUT2D eigenvalue weighted by Gasteiger charge is 2.35. The Kier molecular flexibility index (Phi) is 3.72. The first kappa shape index (κ1) is 12.7. The zero-order valence-electron chi connectivity index (χ0n) is 10.1. The van der Waals surface area contributed by atoms with Crippen LogP contribution < -0.4 is 4.90 Å². The van der Waals surface area contributed by atoms with Crippen molar-refractivity contribution in [3.63, 3.8) is 0 Å². The van der Waals surface area contributed by atoms with Gasteiger partial charge in [-0.15, -0.1) is 0 Å². The SMILES string of the molecule is CCCOCCN1C(=O)C(=O)c2cc(F)ccc21. The Balaban J connectivity index is 2.13. The van der Waals surface area contributed by atoms with Crippen molar-refractivity contribution in [3.8, 4) is 0 Å². The molecule has 1 aliphatic rings. The van der Waals surface area contributed by atoms with Crippen molar-refractivity contribution in [1.82, 2.24) is 0 Å². The van der Waals surface area contributed by atoms with E-state index in [2.05, 4.69) is 0 Å². The van der Waals surface area contributed by atoms with E-state index in [0.29, 0.717) is 25.4 Å². The Hall–Kier alpha value is -1.75. The summed E-state index contributed by atoms with van der Waals surface area (Å²) in [5.74, 6) is -1.78. The first-order chi connectivity index (χ1) is 8.65. The molecule has 96 valence electrons. The molecule has 1 amide bonds. The van der Waals surface area contributed by atoms with Crippen LogP contribution in [0.25, 0.3) is 0 Å². The van der Waals surface area contributed by atoms with Crippen LogP contribution >= 0.6 is 0 Å². The number of anilines is 1. The van der Waals surface area contributed by atoms with E-state index in [1.165, 1.54) is 17.0 Å². The summed E-state index contributed by atoms with van der Waals surface area (Å²) in [7, 11) is 0. The topological polar surface area (TPSA) is 46.6 Å². The first-order valence-corrected chi connectivity index (χ1v) is 5.88. The van der Waals surface area contributed by atoms with Crippen LogP contribution in [0.5, 0.6) is 0 Å². The molecule has 0 atom stereocenters. The smallest absolute Gasteiger partial charge is 0.299 e. The molecular formula is C13H14FNO3. The number of carbonyl (C=O) groups is 2. The van der Waals surface area contributed by atoms with Gasteiger partial charge in [-0.1, -0.05) is 6.92 Å². The molecule has 0 fully saturated rings. The normalized spacial score (nSPS) is 14.2. The van der Waals surface area contributed by atoms with Crippen LogP contribution in [0.15, 0.2) is 18.2 Å². The molecule has 0 saturated heterocycles. The number of halogens is 1. The summed E-state index contributed by atoms with van der Waals surface area (Å²) in [6.45, 7) is 3.28. The molecule has 0 radical (unpaired) electrons. The van der Waals surface area contributed by atoms with Crippen LogP contribution in [0.4, 0.5) is 10.1 Å². The molecule has 0 N–H and O–H groups in total. The van der Waals surface area contributed by atoms with Crippen molar-refractivity contribution >= 4 is 17.4 Å². The van der Waals surface area contributed by atoms with E-state index in [9.17, 15) is 14.0 Å². The minimum Gasteiger partial charge on any atom is -0.380 e. The lowest BCUT2D eigenvalue weighted by Gasteiger charge is -2.16. The maximum Gasteiger partial charge on any atom is 0.299 e. The summed E-state index contributed by atoms with van der Waals surface area (Å²) >= 11 is 0. The summed E-state index contributed by atoms with van der Waals surface area (Å²) in [5.41, 5.74) is 0.599. The second kappa shape index (κ2) is 5.27. The number of fused-ring (bicyclic) bond motifs is 1. The van der Waals surface area contributed by atoms with Gasteiger partial charge in [0.2, 0.25) is 0 Å². The standard InChI is InChI=1S/C13H14FNO3/c1-2-6-18-7-5-15-11-4-3-9(14)8-10(11)12(16)13(15)17/h3-4,8H,2,5-7H2,1H3. The van der Waals surface area contributed by atoms with Gasteiger partial charge in [0.15, 0.2) is 0 Å². The van der Waals surface area contributed by atoms with Gasteiger partial charge in [0.05, 0.1) is 17.9 Å². The van der Waals surface area contributed by atoms with Gasteiger partial charge in [0.25, 0.3) is 11.7 Å². The maximum atomic E-state index is 13.0. The summed E-state index contributed by atoms with van der Waals surface area (Å²) in [6.07, 6.45) is 0.897. The van der Waals surface area contributed by atoms with Gasteiger partial charge in [-0.05, 0) is 24.6 Å². The molecule has 2 rings (SSSR count). The van der Waals surface area contributed by atoms with Gasteiger partial charge in [-0.25, -0.2) is 4.39 Å². The quantitative estimate of drug-likeness (QED) is 0.592. The Morgan fingerprint density at radius 2 is 2.06 bits per heavy atom. The number of nitrogens with zero attached hydrogens (tertiary/aromatic N) is 1. The van der Waals surface area contributed by atoms with E-state index in [1.54, 1.807) is 0 Å². The molecule has 5 heteroatoms. The number of amides is 1. The van der Waals surface area contributed by atoms with Gasteiger partial charge in [-0.3, -0.25) is 9.59 Å². The lowest BCUT2D eigenvalue weighted by Crippen LogP contribution is -2.32. The molecule has 0 aromatic heterocycles. The fraction of sp³-hybridized carbons (Fsp3) is 0.385. The van der Waals surface area contributed by atoms with Gasteiger partial charge in [0.1, 0.15) is 5.82 Å². The molecule has 1 heterocycles. The number of benzene rings is 1. The fourth-order valence-corrected chi connectivity index (χ4v) is 1.90. The van der Waals surface area contributed by atoms with Gasteiger partial charge in [-0.2, -0.15) is 0 Å². The number of ether oxygens (including phenoxy) is 1. The number of hydrogen-bond donors (Lipinski definition) is 0. The number of hydrogen-bond acceptors (Lipinski definition) is 3. The molecule has 1 aromatic carbocycles. The third-order valence-electron chi connectivity index (χ3n) is 2.74. The second-order valence-corrected chi connectivity index (χ2v) is 4.06. The lowest BCUT2D eigenvalue weighted by atomic mass is 10.1. The first-order valence-electron chi connectivity index (χ1n) is 5.88. The molecule has 0 bridgehead atoms. The maximum absolute atomic E-state index is 13.0. The largest absolute Gasteiger partial charge is 0.380 e. The van der Waals surface area contributed by atoms with Gasteiger partial charge in [0, 0.05) is 13.2 Å². The predicted octanol–water partition coefficient (Wildman–Crippen LogP) is 1.78. The Labute approximate surface area is 104 Å². The van der Waals surface area contributed by atoms with Gasteiger partial charge >= 0.3 is 0 Å². The highest BCUT2D eigenvalue weighted by atomic mass is 19.1. The Bertz CT molecular complexity index is 487. The summed E-state index contributed by atoms with van der Waals surface area (Å²) in [5, 5.41) is 0. The average Bonchev–Trinajstić information content (AvgIpc) is 2.59. The lowest BCUT2D eigenvalue weighted by molar-refractivity contribution is -0.114. The van der Waals surface area contributed by atoms with Gasteiger partial charge < -0.3 is 9.64 Å². The van der Waals surface area contributed by atoms with Crippen molar-refractivity contribution in [2.45, 2.75) is 13.3 Å². The van der Waals surface area contributed by atoms with Crippen LogP contribution in [-0.4, -0.2) is 31.4 Å². The second-order valence-electron chi connectivity index (χ2n) is 4.06. The fourth-order valence-electron chi connectivity index (χ4n) is 1.90. The molecule has 1 aliphatic heterocycles. The molecule has 0 saturated carbocycles. The van der Waals surface area contributed by atoms with Crippen LogP contribution in [0.3, 0.4) is 0 Å². The minimum atomic E-state index is -0.653. The van der Waals surface area contributed by atoms with Crippen LogP contribution in [-0.2, 0) is 9.53 Å². The average molecular weight is 251 g/mol. The number of rotatable bonds is 5. The van der Waals surface area contributed by atoms with E-state index in [1.807, 2.05) is 6.92 Å². The van der Waals surface area contributed by atoms with Crippen LogP contribution in [0.2, 0.25) is 0 Å². The highest BCUT2D eigenvalue weighted by Crippen LogP contribution is 2.29. The number of Topliss-reactive ketones (excluding diaryl/α,β-unsaturated/α-hetero) is 1. The summed E-state index contributed by atoms with van der Waals surface area (Å²) < 4.78 is 18.3. The molecule has 0 unspecified atom stereocenters. The Morgan fingerprint density at radius 3 is 2.78 bits per heavy atom. The predicted molar refractivity (Wildman–Crippen MR) is 64.2 cm³/mol. The van der Waals surface area contributed by atoms with Crippen molar-refractivity contribution in [2.24, 2.45) is 0 Å². The number of carbonyl (C=O) groups excluding carboxylic acids is 2.